The Kier molecular flexibility index (Phi) is 5.01. The van der Waals surface area contributed by atoms with Crippen molar-refractivity contribution in [1.29, 1.82) is 0 Å². The Morgan fingerprint density at radius 3 is 2.80 bits per heavy atom. The van der Waals surface area contributed by atoms with Gasteiger partial charge in [0.15, 0.2) is 6.10 Å². The summed E-state index contributed by atoms with van der Waals surface area (Å²) in [5.41, 5.74) is 0. The Labute approximate surface area is 89.2 Å². The van der Waals surface area contributed by atoms with Gasteiger partial charge in [0.05, 0.1) is 12.7 Å². The van der Waals surface area contributed by atoms with Crippen LogP contribution in [0.1, 0.15) is 26.2 Å². The maximum Gasteiger partial charge on any atom is 0.339 e. The molecule has 0 spiro atoms. The van der Waals surface area contributed by atoms with E-state index in [9.17, 15) is 4.79 Å². The second-order valence-electron chi connectivity index (χ2n) is 3.65. The van der Waals surface area contributed by atoms with Crippen molar-refractivity contribution in [3.05, 3.63) is 0 Å². The second kappa shape index (κ2) is 6.05. The van der Waals surface area contributed by atoms with E-state index in [0.29, 0.717) is 0 Å². The maximum atomic E-state index is 11.5. The first kappa shape index (κ1) is 12.4. The molecule has 3 atom stereocenters. The smallest absolute Gasteiger partial charge is 0.339 e. The Morgan fingerprint density at radius 1 is 1.53 bits per heavy atom. The van der Waals surface area contributed by atoms with Crippen LogP contribution in [0, 0.1) is 5.92 Å². The van der Waals surface area contributed by atoms with Crippen LogP contribution in [0.25, 0.3) is 0 Å². The molecule has 0 aromatic heterocycles. The Hall–Kier alpha value is -0.650. The third kappa shape index (κ3) is 2.90. The first-order valence-electron chi connectivity index (χ1n) is 5.24. The van der Waals surface area contributed by atoms with E-state index in [2.05, 4.69) is 4.89 Å². The predicted octanol–water partition coefficient (Wildman–Crippen LogP) is 1.22. The van der Waals surface area contributed by atoms with Crippen molar-refractivity contribution in [1.82, 2.24) is 0 Å². The quantitative estimate of drug-likeness (QED) is 0.427. The van der Waals surface area contributed by atoms with Gasteiger partial charge in [-0.05, 0) is 19.8 Å². The summed E-state index contributed by atoms with van der Waals surface area (Å²) in [5, 5.41) is 8.74. The van der Waals surface area contributed by atoms with Gasteiger partial charge in [0, 0.05) is 13.0 Å². The molecular weight excluding hydrogens is 200 g/mol. The molecule has 1 N–H and O–H groups in total. The van der Waals surface area contributed by atoms with Crippen LogP contribution >= 0.6 is 0 Å². The van der Waals surface area contributed by atoms with Crippen molar-refractivity contribution in [2.45, 2.75) is 38.4 Å². The standard InChI is InChI=1S/C10H18O5/c1-3-14-10(11)9(15-12)7-5-4-6-8(7)13-2/h7-9,12H,3-6H2,1-2H3. The minimum atomic E-state index is -0.919. The van der Waals surface area contributed by atoms with Gasteiger partial charge in [-0.1, -0.05) is 6.42 Å². The lowest BCUT2D eigenvalue weighted by Gasteiger charge is -2.23. The van der Waals surface area contributed by atoms with Gasteiger partial charge < -0.3 is 9.47 Å². The van der Waals surface area contributed by atoms with Gasteiger partial charge in [0.2, 0.25) is 0 Å². The average Bonchev–Trinajstić information content (AvgIpc) is 2.67. The summed E-state index contributed by atoms with van der Waals surface area (Å²) in [6, 6.07) is 0. The summed E-state index contributed by atoms with van der Waals surface area (Å²) >= 11 is 0. The average molecular weight is 218 g/mol. The van der Waals surface area contributed by atoms with Gasteiger partial charge in [-0.25, -0.2) is 9.68 Å². The van der Waals surface area contributed by atoms with Crippen LogP contribution in [0.5, 0.6) is 0 Å². The molecule has 88 valence electrons. The predicted molar refractivity (Wildman–Crippen MR) is 52.3 cm³/mol. The van der Waals surface area contributed by atoms with Gasteiger partial charge in [0.1, 0.15) is 0 Å². The molecule has 0 aromatic rings. The van der Waals surface area contributed by atoms with E-state index < -0.39 is 12.1 Å². The van der Waals surface area contributed by atoms with Gasteiger partial charge in [0.25, 0.3) is 0 Å². The summed E-state index contributed by atoms with van der Waals surface area (Å²) < 4.78 is 10.1. The third-order valence-corrected chi connectivity index (χ3v) is 2.83. The number of carbonyl (C=O) groups excluding carboxylic acids is 1. The van der Waals surface area contributed by atoms with E-state index in [1.807, 2.05) is 0 Å². The monoisotopic (exact) mass is 218 g/mol. The zero-order chi connectivity index (χ0) is 11.3. The Bertz CT molecular complexity index is 206. The van der Waals surface area contributed by atoms with Gasteiger partial charge >= 0.3 is 5.97 Å². The fourth-order valence-electron chi connectivity index (χ4n) is 2.11. The van der Waals surface area contributed by atoms with E-state index in [-0.39, 0.29) is 18.6 Å². The number of hydrogen-bond donors (Lipinski definition) is 1. The number of carbonyl (C=O) groups is 1. The van der Waals surface area contributed by atoms with Crippen LogP contribution in [-0.4, -0.2) is 37.2 Å². The Balaban J connectivity index is 2.60. The minimum absolute atomic E-state index is 0.0356. The van der Waals surface area contributed by atoms with Crippen LogP contribution in [0.4, 0.5) is 0 Å². The molecule has 0 saturated heterocycles. The molecule has 1 aliphatic carbocycles. The third-order valence-electron chi connectivity index (χ3n) is 2.83. The summed E-state index contributed by atoms with van der Waals surface area (Å²) in [6.07, 6.45) is 1.72. The van der Waals surface area contributed by atoms with Gasteiger partial charge in [-0.15, -0.1) is 0 Å². The zero-order valence-corrected chi connectivity index (χ0v) is 9.14. The van der Waals surface area contributed by atoms with Gasteiger partial charge in [-0.2, -0.15) is 0 Å². The van der Waals surface area contributed by atoms with E-state index in [0.717, 1.165) is 19.3 Å². The number of esters is 1. The second-order valence-corrected chi connectivity index (χ2v) is 3.65. The molecule has 1 saturated carbocycles. The highest BCUT2D eigenvalue weighted by molar-refractivity contribution is 5.75. The van der Waals surface area contributed by atoms with Crippen molar-refractivity contribution < 1.29 is 24.4 Å². The fourth-order valence-corrected chi connectivity index (χ4v) is 2.11. The van der Waals surface area contributed by atoms with Crippen LogP contribution in [0.3, 0.4) is 0 Å². The van der Waals surface area contributed by atoms with E-state index in [1.165, 1.54) is 0 Å². The normalized spacial score (nSPS) is 27.7. The van der Waals surface area contributed by atoms with Crippen LogP contribution in [0.15, 0.2) is 0 Å². The molecule has 5 nitrogen and oxygen atoms in total. The molecule has 1 fully saturated rings. The number of methoxy groups -OCH3 is 1. The van der Waals surface area contributed by atoms with Crippen LogP contribution < -0.4 is 0 Å². The molecule has 0 aromatic carbocycles. The molecule has 1 rings (SSSR count). The van der Waals surface area contributed by atoms with E-state index in [4.69, 9.17) is 14.7 Å². The largest absolute Gasteiger partial charge is 0.464 e. The number of hydrogen-bond acceptors (Lipinski definition) is 5. The molecule has 0 radical (unpaired) electrons. The molecule has 0 aliphatic heterocycles. The van der Waals surface area contributed by atoms with Gasteiger partial charge in [-0.3, -0.25) is 5.26 Å². The lowest BCUT2D eigenvalue weighted by Crippen LogP contribution is -2.38. The molecule has 5 heteroatoms. The van der Waals surface area contributed by atoms with Crippen molar-refractivity contribution in [3.63, 3.8) is 0 Å². The molecule has 1 aliphatic rings. The summed E-state index contributed by atoms with van der Waals surface area (Å²) in [4.78, 5) is 15.7. The zero-order valence-electron chi connectivity index (χ0n) is 9.14. The SMILES string of the molecule is CCOC(=O)C(OO)C1CCCC1OC. The van der Waals surface area contributed by atoms with Crippen molar-refractivity contribution in [3.8, 4) is 0 Å². The Morgan fingerprint density at radius 2 is 2.27 bits per heavy atom. The minimum Gasteiger partial charge on any atom is -0.464 e. The van der Waals surface area contributed by atoms with Crippen molar-refractivity contribution >= 4 is 5.97 Å². The number of rotatable bonds is 5. The molecule has 0 bridgehead atoms. The molecule has 0 amide bonds. The molecule has 3 unspecified atom stereocenters. The highest BCUT2D eigenvalue weighted by Gasteiger charge is 2.39. The summed E-state index contributed by atoms with van der Waals surface area (Å²) in [5.74, 6) is -0.631. The summed E-state index contributed by atoms with van der Waals surface area (Å²) in [6.45, 7) is 2.00. The van der Waals surface area contributed by atoms with Crippen molar-refractivity contribution in [2.24, 2.45) is 5.92 Å². The molecule has 15 heavy (non-hydrogen) atoms. The topological polar surface area (TPSA) is 65.0 Å². The van der Waals surface area contributed by atoms with E-state index >= 15 is 0 Å². The highest BCUT2D eigenvalue weighted by Crippen LogP contribution is 2.32. The van der Waals surface area contributed by atoms with Crippen LogP contribution in [-0.2, 0) is 19.2 Å². The van der Waals surface area contributed by atoms with Crippen LogP contribution in [0.2, 0.25) is 0 Å². The number of ether oxygens (including phenoxy) is 2. The van der Waals surface area contributed by atoms with Crippen molar-refractivity contribution in [2.75, 3.05) is 13.7 Å². The molecular formula is C10H18O5. The summed E-state index contributed by atoms with van der Waals surface area (Å²) in [7, 11) is 1.60. The lowest BCUT2D eigenvalue weighted by atomic mass is 9.98. The highest BCUT2D eigenvalue weighted by atomic mass is 17.1. The maximum absolute atomic E-state index is 11.5. The van der Waals surface area contributed by atoms with E-state index in [1.54, 1.807) is 14.0 Å². The first-order chi connectivity index (χ1) is 7.24. The lowest BCUT2D eigenvalue weighted by molar-refractivity contribution is -0.292. The first-order valence-corrected chi connectivity index (χ1v) is 5.24. The fraction of sp³-hybridized carbons (Fsp3) is 0.900. The molecule has 0 heterocycles.